The Hall–Kier alpha value is -1.40. The first kappa shape index (κ1) is 12.6. The lowest BCUT2D eigenvalue weighted by Crippen LogP contribution is -2.47. The lowest BCUT2D eigenvalue weighted by molar-refractivity contribution is -0.122. The molecule has 2 unspecified atom stereocenters. The third kappa shape index (κ3) is 2.96. The predicted molar refractivity (Wildman–Crippen MR) is 73.6 cm³/mol. The fraction of sp³-hybridized carbons (Fsp3) is 0.462. The number of ether oxygens (including phenoxy) is 2. The summed E-state index contributed by atoms with van der Waals surface area (Å²) in [5.74, 6) is 3.21. The van der Waals surface area contributed by atoms with Gasteiger partial charge in [-0.1, -0.05) is 12.1 Å². The van der Waals surface area contributed by atoms with Crippen molar-refractivity contribution in [1.29, 1.82) is 0 Å². The molecular formula is C13H16N2O3S. The van der Waals surface area contributed by atoms with E-state index in [0.717, 1.165) is 23.1 Å². The first-order valence-corrected chi connectivity index (χ1v) is 7.46. The fourth-order valence-electron chi connectivity index (χ4n) is 2.06. The summed E-state index contributed by atoms with van der Waals surface area (Å²) < 4.78 is 11.4. The Bertz CT molecular complexity index is 463. The molecule has 1 aromatic carbocycles. The number of rotatable bonds is 3. The van der Waals surface area contributed by atoms with Gasteiger partial charge in [-0.05, 0) is 12.1 Å². The van der Waals surface area contributed by atoms with E-state index < -0.39 is 0 Å². The van der Waals surface area contributed by atoms with Gasteiger partial charge >= 0.3 is 0 Å². The second-order valence-electron chi connectivity index (χ2n) is 4.51. The smallest absolute Gasteiger partial charge is 0.238 e. The second kappa shape index (κ2) is 5.71. The Balaban J connectivity index is 1.50. The number of carbonyl (C=O) groups excluding carboxylic acids is 1. The van der Waals surface area contributed by atoms with Crippen LogP contribution in [-0.2, 0) is 4.79 Å². The van der Waals surface area contributed by atoms with Crippen molar-refractivity contribution in [2.75, 3.05) is 24.8 Å². The highest BCUT2D eigenvalue weighted by Crippen LogP contribution is 2.30. The van der Waals surface area contributed by atoms with Crippen molar-refractivity contribution in [3.63, 3.8) is 0 Å². The van der Waals surface area contributed by atoms with Crippen molar-refractivity contribution < 1.29 is 14.3 Å². The number of carbonyl (C=O) groups is 1. The zero-order chi connectivity index (χ0) is 13.1. The zero-order valence-corrected chi connectivity index (χ0v) is 11.2. The molecule has 1 fully saturated rings. The average molecular weight is 280 g/mol. The molecule has 3 rings (SSSR count). The largest absolute Gasteiger partial charge is 0.486 e. The SMILES string of the molecule is O=C(NCC1COc2ccccc2O1)C1CSCN1. The van der Waals surface area contributed by atoms with Gasteiger partial charge < -0.3 is 14.8 Å². The van der Waals surface area contributed by atoms with E-state index in [1.165, 1.54) is 0 Å². The highest BCUT2D eigenvalue weighted by atomic mass is 32.2. The van der Waals surface area contributed by atoms with E-state index in [4.69, 9.17) is 9.47 Å². The van der Waals surface area contributed by atoms with Crippen LogP contribution in [0.15, 0.2) is 24.3 Å². The maximum atomic E-state index is 11.9. The Morgan fingerprint density at radius 2 is 2.26 bits per heavy atom. The quantitative estimate of drug-likeness (QED) is 0.849. The van der Waals surface area contributed by atoms with E-state index in [1.807, 2.05) is 24.3 Å². The van der Waals surface area contributed by atoms with Gasteiger partial charge in [0.2, 0.25) is 5.91 Å². The molecule has 2 atom stereocenters. The lowest BCUT2D eigenvalue weighted by atomic mass is 10.2. The molecule has 0 aromatic heterocycles. The average Bonchev–Trinajstić information content (AvgIpc) is 2.99. The van der Waals surface area contributed by atoms with Crippen molar-refractivity contribution in [3.8, 4) is 11.5 Å². The van der Waals surface area contributed by atoms with E-state index in [0.29, 0.717) is 13.2 Å². The molecule has 1 amide bonds. The van der Waals surface area contributed by atoms with Crippen LogP contribution in [0.5, 0.6) is 11.5 Å². The summed E-state index contributed by atoms with van der Waals surface area (Å²) in [7, 11) is 0. The van der Waals surface area contributed by atoms with Crippen LogP contribution in [0.4, 0.5) is 0 Å². The van der Waals surface area contributed by atoms with E-state index in [9.17, 15) is 4.79 Å². The number of thioether (sulfide) groups is 1. The summed E-state index contributed by atoms with van der Waals surface area (Å²) in [5.41, 5.74) is 0. The molecule has 0 bridgehead atoms. The third-order valence-corrected chi connectivity index (χ3v) is 4.04. The van der Waals surface area contributed by atoms with E-state index in [2.05, 4.69) is 10.6 Å². The maximum absolute atomic E-state index is 11.9. The molecule has 0 aliphatic carbocycles. The van der Waals surface area contributed by atoms with Gasteiger partial charge in [-0.15, -0.1) is 11.8 Å². The van der Waals surface area contributed by atoms with E-state index >= 15 is 0 Å². The summed E-state index contributed by atoms with van der Waals surface area (Å²) in [4.78, 5) is 11.9. The second-order valence-corrected chi connectivity index (χ2v) is 5.54. The van der Waals surface area contributed by atoms with Crippen LogP contribution in [0.25, 0.3) is 0 Å². The van der Waals surface area contributed by atoms with Crippen LogP contribution in [0.3, 0.4) is 0 Å². The highest BCUT2D eigenvalue weighted by molar-refractivity contribution is 7.99. The van der Waals surface area contributed by atoms with Crippen molar-refractivity contribution >= 4 is 17.7 Å². The van der Waals surface area contributed by atoms with Crippen LogP contribution in [0.1, 0.15) is 0 Å². The Morgan fingerprint density at radius 3 is 3.05 bits per heavy atom. The Kier molecular flexibility index (Phi) is 3.79. The van der Waals surface area contributed by atoms with Gasteiger partial charge in [-0.3, -0.25) is 10.1 Å². The predicted octanol–water partition coefficient (Wildman–Crippen LogP) is 0.605. The van der Waals surface area contributed by atoms with E-state index in [-0.39, 0.29) is 18.1 Å². The van der Waals surface area contributed by atoms with Gasteiger partial charge in [0.25, 0.3) is 0 Å². The molecule has 1 saturated heterocycles. The number of benzene rings is 1. The summed E-state index contributed by atoms with van der Waals surface area (Å²) >= 11 is 1.73. The molecule has 0 saturated carbocycles. The maximum Gasteiger partial charge on any atom is 0.238 e. The molecule has 5 nitrogen and oxygen atoms in total. The lowest BCUT2D eigenvalue weighted by Gasteiger charge is -2.26. The van der Waals surface area contributed by atoms with Gasteiger partial charge in [-0.2, -0.15) is 0 Å². The Labute approximate surface area is 116 Å². The number of nitrogens with one attached hydrogen (secondary N) is 2. The molecule has 2 heterocycles. The van der Waals surface area contributed by atoms with Crippen LogP contribution in [0, 0.1) is 0 Å². The highest BCUT2D eigenvalue weighted by Gasteiger charge is 2.25. The zero-order valence-electron chi connectivity index (χ0n) is 10.4. The minimum absolute atomic E-state index is 0.0347. The molecule has 102 valence electrons. The minimum atomic E-state index is -0.132. The third-order valence-electron chi connectivity index (χ3n) is 3.10. The fourth-order valence-corrected chi connectivity index (χ4v) is 3.01. The molecule has 0 spiro atoms. The number of amides is 1. The van der Waals surface area contributed by atoms with Crippen molar-refractivity contribution in [3.05, 3.63) is 24.3 Å². The molecule has 6 heteroatoms. The monoisotopic (exact) mass is 280 g/mol. The Morgan fingerprint density at radius 1 is 1.42 bits per heavy atom. The summed E-state index contributed by atoms with van der Waals surface area (Å²) in [6.07, 6.45) is -0.132. The van der Waals surface area contributed by atoms with Gasteiger partial charge in [-0.25, -0.2) is 0 Å². The van der Waals surface area contributed by atoms with Gasteiger partial charge in [0.05, 0.1) is 12.6 Å². The molecule has 2 aliphatic heterocycles. The number of hydrogen-bond donors (Lipinski definition) is 2. The number of hydrogen-bond acceptors (Lipinski definition) is 5. The van der Waals surface area contributed by atoms with Gasteiger partial charge in [0, 0.05) is 11.6 Å². The first-order chi connectivity index (χ1) is 9.33. The van der Waals surface area contributed by atoms with Crippen LogP contribution >= 0.6 is 11.8 Å². The number of para-hydroxylation sites is 2. The topological polar surface area (TPSA) is 59.6 Å². The molecular weight excluding hydrogens is 264 g/mol. The summed E-state index contributed by atoms with van der Waals surface area (Å²) in [6.45, 7) is 0.931. The van der Waals surface area contributed by atoms with Gasteiger partial charge in [0.1, 0.15) is 12.7 Å². The van der Waals surface area contributed by atoms with Crippen molar-refractivity contribution in [1.82, 2.24) is 10.6 Å². The van der Waals surface area contributed by atoms with Crippen molar-refractivity contribution in [2.45, 2.75) is 12.1 Å². The summed E-state index contributed by atoms with van der Waals surface area (Å²) in [6, 6.07) is 7.49. The van der Waals surface area contributed by atoms with Crippen LogP contribution < -0.4 is 20.1 Å². The van der Waals surface area contributed by atoms with Crippen LogP contribution in [0.2, 0.25) is 0 Å². The summed E-state index contributed by atoms with van der Waals surface area (Å²) in [5, 5.41) is 6.04. The normalized spacial score (nSPS) is 25.1. The molecule has 19 heavy (non-hydrogen) atoms. The van der Waals surface area contributed by atoms with Crippen LogP contribution in [-0.4, -0.2) is 42.8 Å². The van der Waals surface area contributed by atoms with Crippen molar-refractivity contribution in [2.24, 2.45) is 0 Å². The minimum Gasteiger partial charge on any atom is -0.486 e. The molecule has 2 N–H and O–H groups in total. The molecule has 1 aromatic rings. The first-order valence-electron chi connectivity index (χ1n) is 6.30. The molecule has 0 radical (unpaired) electrons. The molecule has 2 aliphatic rings. The van der Waals surface area contributed by atoms with E-state index in [1.54, 1.807) is 11.8 Å². The number of fused-ring (bicyclic) bond motifs is 1. The standard InChI is InChI=1S/C13H16N2O3S/c16-13(10-7-19-8-15-10)14-5-9-6-17-11-3-1-2-4-12(11)18-9/h1-4,9-10,15H,5-8H2,(H,14,16). The van der Waals surface area contributed by atoms with Gasteiger partial charge in [0.15, 0.2) is 11.5 Å².